The van der Waals surface area contributed by atoms with Gasteiger partial charge in [-0.15, -0.1) is 11.8 Å². The number of aryl methyl sites for hydroxylation is 1. The van der Waals surface area contributed by atoms with Crippen molar-refractivity contribution in [2.45, 2.75) is 17.9 Å². The number of amides is 1. The van der Waals surface area contributed by atoms with E-state index in [1.165, 1.54) is 11.8 Å². The highest BCUT2D eigenvalue weighted by atomic mass is 79.9. The van der Waals surface area contributed by atoms with Gasteiger partial charge < -0.3 is 14.7 Å². The second kappa shape index (κ2) is 7.45. The van der Waals surface area contributed by atoms with Crippen molar-refractivity contribution in [2.75, 3.05) is 32.1 Å². The van der Waals surface area contributed by atoms with Crippen molar-refractivity contribution >= 4 is 33.6 Å². The van der Waals surface area contributed by atoms with Crippen LogP contribution in [-0.2, 0) is 9.53 Å². The number of thioether (sulfide) groups is 1. The van der Waals surface area contributed by atoms with Crippen LogP contribution >= 0.6 is 27.7 Å². The van der Waals surface area contributed by atoms with Crippen molar-refractivity contribution in [3.63, 3.8) is 0 Å². The third kappa shape index (κ3) is 3.97. The molecule has 1 aliphatic rings. The number of nitrogens with zero attached hydrogens (tertiary/aromatic N) is 1. The molecular formula is C14H18BrNO3S. The van der Waals surface area contributed by atoms with Gasteiger partial charge in [0, 0.05) is 15.9 Å². The minimum atomic E-state index is -0.206. The molecule has 110 valence electrons. The average Bonchev–Trinajstić information content (AvgIpc) is 2.46. The van der Waals surface area contributed by atoms with Crippen LogP contribution in [0, 0.1) is 6.92 Å². The van der Waals surface area contributed by atoms with Crippen LogP contribution in [0.15, 0.2) is 27.6 Å². The van der Waals surface area contributed by atoms with Crippen molar-refractivity contribution in [1.29, 1.82) is 0 Å². The molecule has 1 aromatic carbocycles. The van der Waals surface area contributed by atoms with Crippen molar-refractivity contribution in [3.05, 3.63) is 28.2 Å². The van der Waals surface area contributed by atoms with Gasteiger partial charge in [0.25, 0.3) is 0 Å². The summed E-state index contributed by atoms with van der Waals surface area (Å²) in [5.74, 6) is 0.443. The molecule has 0 aliphatic carbocycles. The Labute approximate surface area is 131 Å². The molecule has 0 radical (unpaired) electrons. The molecule has 1 aromatic rings. The van der Waals surface area contributed by atoms with E-state index in [1.54, 1.807) is 4.90 Å². The number of carbonyl (C=O) groups is 1. The number of hydrogen-bond acceptors (Lipinski definition) is 4. The van der Waals surface area contributed by atoms with Gasteiger partial charge in [0.15, 0.2) is 0 Å². The number of aliphatic hydroxyl groups is 1. The topological polar surface area (TPSA) is 49.8 Å². The van der Waals surface area contributed by atoms with Gasteiger partial charge in [0.05, 0.1) is 31.6 Å². The van der Waals surface area contributed by atoms with Gasteiger partial charge in [-0.25, -0.2) is 0 Å². The van der Waals surface area contributed by atoms with Gasteiger partial charge in [-0.05, 0) is 30.7 Å². The van der Waals surface area contributed by atoms with E-state index in [4.69, 9.17) is 4.74 Å². The predicted octanol–water partition coefficient (Wildman–Crippen LogP) is 2.07. The van der Waals surface area contributed by atoms with E-state index >= 15 is 0 Å². The second-order valence-electron chi connectivity index (χ2n) is 4.70. The second-order valence-corrected chi connectivity index (χ2v) is 6.63. The van der Waals surface area contributed by atoms with Crippen LogP contribution in [0.1, 0.15) is 5.56 Å². The van der Waals surface area contributed by atoms with Crippen molar-refractivity contribution in [3.8, 4) is 0 Å². The highest BCUT2D eigenvalue weighted by molar-refractivity contribution is 9.10. The van der Waals surface area contributed by atoms with Crippen LogP contribution in [0.25, 0.3) is 0 Å². The number of ether oxygens (including phenoxy) is 1. The summed E-state index contributed by atoms with van der Waals surface area (Å²) in [6.45, 7) is 3.51. The van der Waals surface area contributed by atoms with E-state index in [0.717, 1.165) is 14.9 Å². The Morgan fingerprint density at radius 2 is 2.40 bits per heavy atom. The Kier molecular flexibility index (Phi) is 5.89. The van der Waals surface area contributed by atoms with E-state index in [2.05, 4.69) is 15.9 Å². The molecule has 6 heteroatoms. The molecule has 1 atom stereocenters. The molecule has 0 aromatic heterocycles. The number of benzene rings is 1. The van der Waals surface area contributed by atoms with Crippen molar-refractivity contribution in [2.24, 2.45) is 0 Å². The Bertz CT molecular complexity index is 483. The first-order valence-corrected chi connectivity index (χ1v) is 8.26. The van der Waals surface area contributed by atoms with Gasteiger partial charge in [0.2, 0.25) is 5.91 Å². The van der Waals surface area contributed by atoms with Crippen LogP contribution in [0.2, 0.25) is 0 Å². The van der Waals surface area contributed by atoms with Gasteiger partial charge in [0.1, 0.15) is 0 Å². The summed E-state index contributed by atoms with van der Waals surface area (Å²) < 4.78 is 6.32. The number of halogens is 1. The lowest BCUT2D eigenvalue weighted by atomic mass is 10.2. The Morgan fingerprint density at radius 3 is 3.10 bits per heavy atom. The molecule has 1 aliphatic heterocycles. The third-order valence-corrected chi connectivity index (χ3v) is 4.90. The summed E-state index contributed by atoms with van der Waals surface area (Å²) in [5, 5.41) is 9.28. The standard InChI is InChI=1S/C14H18BrNO3S/c1-10-6-11(15)2-3-13(10)20-9-14(18)16-4-5-19-8-12(16)7-17/h2-3,6,12,17H,4-5,7-9H2,1H3. The number of aliphatic hydroxyl groups excluding tert-OH is 1. The lowest BCUT2D eigenvalue weighted by Crippen LogP contribution is -2.51. The molecule has 1 heterocycles. The van der Waals surface area contributed by atoms with Crippen molar-refractivity contribution < 1.29 is 14.6 Å². The summed E-state index contributed by atoms with van der Waals surface area (Å²) in [7, 11) is 0. The van der Waals surface area contributed by atoms with Gasteiger partial charge >= 0.3 is 0 Å². The average molecular weight is 360 g/mol. The largest absolute Gasteiger partial charge is 0.394 e. The fourth-order valence-electron chi connectivity index (χ4n) is 2.13. The van der Waals surface area contributed by atoms with E-state index in [9.17, 15) is 9.90 Å². The number of carbonyl (C=O) groups excluding carboxylic acids is 1. The molecule has 0 saturated carbocycles. The van der Waals surface area contributed by atoms with Crippen LogP contribution in [0.5, 0.6) is 0 Å². The predicted molar refractivity (Wildman–Crippen MR) is 83.0 cm³/mol. The maximum atomic E-state index is 12.2. The molecule has 2 rings (SSSR count). The van der Waals surface area contributed by atoms with E-state index in [1.807, 2.05) is 25.1 Å². The van der Waals surface area contributed by atoms with Crippen molar-refractivity contribution in [1.82, 2.24) is 4.90 Å². The summed E-state index contributed by atoms with van der Waals surface area (Å²) in [5.41, 5.74) is 1.15. The molecule has 1 unspecified atom stereocenters. The molecule has 1 amide bonds. The fourth-order valence-corrected chi connectivity index (χ4v) is 3.50. The SMILES string of the molecule is Cc1cc(Br)ccc1SCC(=O)N1CCOCC1CO. The highest BCUT2D eigenvalue weighted by Gasteiger charge is 2.26. The zero-order valence-corrected chi connectivity index (χ0v) is 13.7. The number of morpholine rings is 1. The lowest BCUT2D eigenvalue weighted by Gasteiger charge is -2.34. The van der Waals surface area contributed by atoms with E-state index in [0.29, 0.717) is 25.5 Å². The smallest absolute Gasteiger partial charge is 0.233 e. The molecular weight excluding hydrogens is 342 g/mol. The quantitative estimate of drug-likeness (QED) is 0.836. The molecule has 0 bridgehead atoms. The van der Waals surface area contributed by atoms with Gasteiger partial charge in [-0.3, -0.25) is 4.79 Å². The molecule has 20 heavy (non-hydrogen) atoms. The Hall–Kier alpha value is -0.560. The first kappa shape index (κ1) is 15.8. The lowest BCUT2D eigenvalue weighted by molar-refractivity contribution is -0.138. The molecule has 4 nitrogen and oxygen atoms in total. The molecule has 0 spiro atoms. The van der Waals surface area contributed by atoms with E-state index in [-0.39, 0.29) is 18.6 Å². The maximum absolute atomic E-state index is 12.2. The Morgan fingerprint density at radius 1 is 1.60 bits per heavy atom. The normalized spacial score (nSPS) is 19.1. The van der Waals surface area contributed by atoms with E-state index < -0.39 is 0 Å². The third-order valence-electron chi connectivity index (χ3n) is 3.25. The summed E-state index contributed by atoms with van der Waals surface area (Å²) in [6.07, 6.45) is 0. The molecule has 1 saturated heterocycles. The van der Waals surface area contributed by atoms with Crippen LogP contribution < -0.4 is 0 Å². The van der Waals surface area contributed by atoms with Crippen LogP contribution in [0.3, 0.4) is 0 Å². The first-order valence-electron chi connectivity index (χ1n) is 6.49. The zero-order chi connectivity index (χ0) is 14.5. The summed E-state index contributed by atoms with van der Waals surface area (Å²) in [4.78, 5) is 15.1. The minimum Gasteiger partial charge on any atom is -0.394 e. The number of hydrogen-bond donors (Lipinski definition) is 1. The monoisotopic (exact) mass is 359 g/mol. The zero-order valence-electron chi connectivity index (χ0n) is 11.3. The summed E-state index contributed by atoms with van der Waals surface area (Å²) in [6, 6.07) is 5.83. The molecule has 1 fully saturated rings. The summed E-state index contributed by atoms with van der Waals surface area (Å²) >= 11 is 4.97. The fraction of sp³-hybridized carbons (Fsp3) is 0.500. The Balaban J connectivity index is 1.94. The maximum Gasteiger partial charge on any atom is 0.233 e. The minimum absolute atomic E-state index is 0.0479. The van der Waals surface area contributed by atoms with Gasteiger partial charge in [-0.1, -0.05) is 15.9 Å². The first-order chi connectivity index (χ1) is 9.61. The van der Waals surface area contributed by atoms with Crippen LogP contribution in [0.4, 0.5) is 0 Å². The van der Waals surface area contributed by atoms with Crippen LogP contribution in [-0.4, -0.2) is 54.1 Å². The van der Waals surface area contributed by atoms with Gasteiger partial charge in [-0.2, -0.15) is 0 Å². The number of rotatable bonds is 4. The highest BCUT2D eigenvalue weighted by Crippen LogP contribution is 2.25. The molecule has 1 N–H and O–H groups in total.